The molecule has 1 aliphatic rings. The van der Waals surface area contributed by atoms with Crippen molar-refractivity contribution < 1.29 is 19.4 Å². The molecule has 2 rings (SSSR count). The van der Waals surface area contributed by atoms with Crippen molar-refractivity contribution in [2.45, 2.75) is 25.3 Å². The van der Waals surface area contributed by atoms with Crippen molar-refractivity contribution in [2.24, 2.45) is 0 Å². The molecule has 1 N–H and O–H groups in total. The average Bonchev–Trinajstić information content (AvgIpc) is 2.53. The summed E-state index contributed by atoms with van der Waals surface area (Å²) < 4.78 is 5.14. The molecular formula is C15H20N2O4. The summed E-state index contributed by atoms with van der Waals surface area (Å²) >= 11 is 0. The van der Waals surface area contributed by atoms with E-state index in [-0.39, 0.29) is 6.03 Å². The van der Waals surface area contributed by atoms with Crippen LogP contribution in [0.5, 0.6) is 5.75 Å². The molecule has 1 aliphatic heterocycles. The highest BCUT2D eigenvalue weighted by Gasteiger charge is 2.33. The first-order valence-corrected chi connectivity index (χ1v) is 6.95. The molecule has 0 aliphatic carbocycles. The third-order valence-electron chi connectivity index (χ3n) is 3.76. The van der Waals surface area contributed by atoms with Crippen molar-refractivity contribution in [3.05, 3.63) is 24.3 Å². The quantitative estimate of drug-likeness (QED) is 0.927. The number of anilines is 1. The van der Waals surface area contributed by atoms with Crippen LogP contribution in [0.25, 0.3) is 0 Å². The smallest absolute Gasteiger partial charge is 0.326 e. The number of rotatable bonds is 3. The number of benzene rings is 1. The molecule has 1 fully saturated rings. The van der Waals surface area contributed by atoms with Gasteiger partial charge in [-0.1, -0.05) is 6.07 Å². The molecule has 2 amide bonds. The van der Waals surface area contributed by atoms with Gasteiger partial charge < -0.3 is 14.7 Å². The minimum absolute atomic E-state index is 0.296. The molecule has 0 bridgehead atoms. The molecule has 0 saturated carbocycles. The molecule has 1 aromatic carbocycles. The fourth-order valence-electron chi connectivity index (χ4n) is 2.54. The first-order chi connectivity index (χ1) is 10.0. The Bertz CT molecular complexity index is 532. The molecule has 6 heteroatoms. The Balaban J connectivity index is 2.18. The van der Waals surface area contributed by atoms with Crippen LogP contribution in [0.3, 0.4) is 0 Å². The molecule has 0 spiro atoms. The number of hydrogen-bond donors (Lipinski definition) is 1. The summed E-state index contributed by atoms with van der Waals surface area (Å²) in [5.41, 5.74) is 0.675. The molecule has 1 saturated heterocycles. The van der Waals surface area contributed by atoms with E-state index in [1.807, 2.05) is 0 Å². The van der Waals surface area contributed by atoms with Crippen molar-refractivity contribution in [3.8, 4) is 5.75 Å². The topological polar surface area (TPSA) is 70.1 Å². The normalized spacial score (nSPS) is 18.2. The van der Waals surface area contributed by atoms with Crippen LogP contribution in [0.15, 0.2) is 24.3 Å². The second-order valence-corrected chi connectivity index (χ2v) is 5.09. The van der Waals surface area contributed by atoms with E-state index in [2.05, 4.69) is 0 Å². The van der Waals surface area contributed by atoms with Gasteiger partial charge in [-0.15, -0.1) is 0 Å². The number of urea groups is 1. The number of piperidine rings is 1. The highest BCUT2D eigenvalue weighted by Crippen LogP contribution is 2.24. The minimum Gasteiger partial charge on any atom is -0.497 e. The summed E-state index contributed by atoms with van der Waals surface area (Å²) in [5.74, 6) is -0.289. The molecule has 21 heavy (non-hydrogen) atoms. The standard InChI is InChI=1S/C15H20N2O4/c1-16(11-6-5-7-12(10-11)21-2)15(20)17-9-4-3-8-13(17)14(18)19/h5-7,10,13H,3-4,8-9H2,1-2H3,(H,18,19). The van der Waals surface area contributed by atoms with Crippen molar-refractivity contribution >= 4 is 17.7 Å². The first-order valence-electron chi connectivity index (χ1n) is 6.95. The third kappa shape index (κ3) is 3.26. The van der Waals surface area contributed by atoms with E-state index in [0.717, 1.165) is 12.8 Å². The number of aliphatic carboxylic acids is 1. The summed E-state index contributed by atoms with van der Waals surface area (Å²) in [6.45, 7) is 0.476. The number of nitrogens with zero attached hydrogens (tertiary/aromatic N) is 2. The predicted molar refractivity (Wildman–Crippen MR) is 78.8 cm³/mol. The zero-order valence-electron chi connectivity index (χ0n) is 12.3. The number of methoxy groups -OCH3 is 1. The monoisotopic (exact) mass is 292 g/mol. The van der Waals surface area contributed by atoms with Gasteiger partial charge in [0, 0.05) is 25.3 Å². The Hall–Kier alpha value is -2.24. The Morgan fingerprint density at radius 2 is 2.14 bits per heavy atom. The summed E-state index contributed by atoms with van der Waals surface area (Å²) in [5, 5.41) is 9.26. The fraction of sp³-hybridized carbons (Fsp3) is 0.467. The van der Waals surface area contributed by atoms with E-state index in [0.29, 0.717) is 24.4 Å². The number of likely N-dealkylation sites (tertiary alicyclic amines) is 1. The summed E-state index contributed by atoms with van der Waals surface area (Å²) in [4.78, 5) is 26.8. The van der Waals surface area contributed by atoms with Gasteiger partial charge in [0.15, 0.2) is 0 Å². The number of carbonyl (C=O) groups excluding carboxylic acids is 1. The maximum absolute atomic E-state index is 12.6. The van der Waals surface area contributed by atoms with E-state index in [9.17, 15) is 14.7 Å². The van der Waals surface area contributed by atoms with Crippen LogP contribution in [-0.4, -0.2) is 48.8 Å². The van der Waals surface area contributed by atoms with Crippen LogP contribution >= 0.6 is 0 Å². The van der Waals surface area contributed by atoms with E-state index >= 15 is 0 Å². The van der Waals surface area contributed by atoms with Crippen molar-refractivity contribution in [1.29, 1.82) is 0 Å². The van der Waals surface area contributed by atoms with Gasteiger partial charge in [0.1, 0.15) is 11.8 Å². The molecular weight excluding hydrogens is 272 g/mol. The van der Waals surface area contributed by atoms with Crippen LogP contribution in [0.2, 0.25) is 0 Å². The first kappa shape index (κ1) is 15.2. The van der Waals surface area contributed by atoms with Crippen LogP contribution in [-0.2, 0) is 4.79 Å². The number of hydrogen-bond acceptors (Lipinski definition) is 3. The lowest BCUT2D eigenvalue weighted by atomic mass is 10.0. The van der Waals surface area contributed by atoms with E-state index < -0.39 is 12.0 Å². The predicted octanol–water partition coefficient (Wildman–Crippen LogP) is 2.19. The maximum Gasteiger partial charge on any atom is 0.326 e. The van der Waals surface area contributed by atoms with Gasteiger partial charge >= 0.3 is 12.0 Å². The van der Waals surface area contributed by atoms with Gasteiger partial charge in [-0.25, -0.2) is 9.59 Å². The lowest BCUT2D eigenvalue weighted by Gasteiger charge is -2.35. The molecule has 1 heterocycles. The molecule has 114 valence electrons. The second-order valence-electron chi connectivity index (χ2n) is 5.09. The van der Waals surface area contributed by atoms with Crippen LogP contribution in [0.4, 0.5) is 10.5 Å². The average molecular weight is 292 g/mol. The van der Waals surface area contributed by atoms with Crippen LogP contribution < -0.4 is 9.64 Å². The van der Waals surface area contributed by atoms with Gasteiger partial charge in [0.05, 0.1) is 7.11 Å². The number of ether oxygens (including phenoxy) is 1. The Morgan fingerprint density at radius 1 is 1.38 bits per heavy atom. The largest absolute Gasteiger partial charge is 0.497 e. The Morgan fingerprint density at radius 3 is 2.81 bits per heavy atom. The number of carbonyl (C=O) groups is 2. The molecule has 0 aromatic heterocycles. The lowest BCUT2D eigenvalue weighted by molar-refractivity contribution is -0.143. The van der Waals surface area contributed by atoms with Crippen molar-refractivity contribution in [1.82, 2.24) is 4.90 Å². The zero-order chi connectivity index (χ0) is 15.4. The van der Waals surface area contributed by atoms with E-state index in [4.69, 9.17) is 4.74 Å². The van der Waals surface area contributed by atoms with Gasteiger partial charge in [-0.3, -0.25) is 4.90 Å². The molecule has 1 aromatic rings. The SMILES string of the molecule is COc1cccc(N(C)C(=O)N2CCCCC2C(=O)O)c1. The minimum atomic E-state index is -0.943. The number of amides is 2. The lowest BCUT2D eigenvalue weighted by Crippen LogP contribution is -2.52. The highest BCUT2D eigenvalue weighted by atomic mass is 16.5. The van der Waals surface area contributed by atoms with Gasteiger partial charge in [-0.05, 0) is 31.4 Å². The number of carboxylic acids is 1. The summed E-state index contributed by atoms with van der Waals surface area (Å²) in [6.07, 6.45) is 2.18. The van der Waals surface area contributed by atoms with Gasteiger partial charge in [0.25, 0.3) is 0 Å². The third-order valence-corrected chi connectivity index (χ3v) is 3.76. The molecule has 0 radical (unpaired) electrons. The molecule has 1 unspecified atom stereocenters. The number of carboxylic acid groups (broad SMARTS) is 1. The summed E-state index contributed by atoms with van der Waals surface area (Å²) in [6, 6.07) is 6.10. The van der Waals surface area contributed by atoms with Crippen LogP contribution in [0, 0.1) is 0 Å². The van der Waals surface area contributed by atoms with E-state index in [1.165, 1.54) is 9.80 Å². The molecule has 6 nitrogen and oxygen atoms in total. The molecule has 1 atom stereocenters. The van der Waals surface area contributed by atoms with Crippen LogP contribution in [0.1, 0.15) is 19.3 Å². The Kier molecular flexibility index (Phi) is 4.67. The van der Waals surface area contributed by atoms with Crippen molar-refractivity contribution in [2.75, 3.05) is 25.6 Å². The second kappa shape index (κ2) is 6.47. The Labute approximate surface area is 123 Å². The van der Waals surface area contributed by atoms with Crippen molar-refractivity contribution in [3.63, 3.8) is 0 Å². The van der Waals surface area contributed by atoms with Gasteiger partial charge in [0.2, 0.25) is 0 Å². The maximum atomic E-state index is 12.6. The van der Waals surface area contributed by atoms with Gasteiger partial charge in [-0.2, -0.15) is 0 Å². The summed E-state index contributed by atoms with van der Waals surface area (Å²) in [7, 11) is 3.21. The van der Waals surface area contributed by atoms with E-state index in [1.54, 1.807) is 38.4 Å². The highest BCUT2D eigenvalue weighted by molar-refractivity contribution is 5.94. The fourth-order valence-corrected chi connectivity index (χ4v) is 2.54. The zero-order valence-corrected chi connectivity index (χ0v) is 12.3.